The number of fused-ring (bicyclic) bond motifs is 6. The summed E-state index contributed by atoms with van der Waals surface area (Å²) in [5.74, 6) is 0. The Morgan fingerprint density at radius 2 is 0.714 bits per heavy atom. The molecule has 0 unspecified atom stereocenters. The molecule has 0 radical (unpaired) electrons. The first-order valence-electron chi connectivity index (χ1n) is 21.8. The maximum atomic E-state index is 2.55. The molecule has 0 saturated carbocycles. The molecule has 0 aliphatic carbocycles. The number of hydrogen-bond donors (Lipinski definition) is 0. The predicted octanol–water partition coefficient (Wildman–Crippen LogP) is 12.6. The summed E-state index contributed by atoms with van der Waals surface area (Å²) in [7, 11) is -2.89. The lowest BCUT2D eigenvalue weighted by atomic mass is 10.0. The molecule has 3 heteroatoms. The Bertz CT molecular complexity index is 3500. The molecule has 0 spiro atoms. The van der Waals surface area contributed by atoms with Gasteiger partial charge < -0.3 is 9.13 Å². The van der Waals surface area contributed by atoms with Crippen LogP contribution in [-0.4, -0.2) is 17.2 Å². The molecule has 0 atom stereocenters. The van der Waals surface area contributed by atoms with E-state index in [2.05, 4.69) is 264 Å². The fraction of sp³-hybridized carbons (Fsp3) is 0. The van der Waals surface area contributed by atoms with E-state index in [0.29, 0.717) is 0 Å². The molecule has 2 heterocycles. The zero-order valence-corrected chi connectivity index (χ0v) is 35.6. The second-order valence-corrected chi connectivity index (χ2v) is 20.2. The highest BCUT2D eigenvalue weighted by molar-refractivity contribution is 7.20. The summed E-state index contributed by atoms with van der Waals surface area (Å²) >= 11 is 0. The lowest BCUT2D eigenvalue weighted by molar-refractivity contribution is 1.16. The van der Waals surface area contributed by atoms with Crippen LogP contribution in [0.15, 0.2) is 255 Å². The van der Waals surface area contributed by atoms with E-state index >= 15 is 0 Å². The van der Waals surface area contributed by atoms with Gasteiger partial charge in [0.2, 0.25) is 0 Å². The van der Waals surface area contributed by atoms with Gasteiger partial charge in [-0.05, 0) is 62.2 Å². The van der Waals surface area contributed by atoms with Gasteiger partial charge in [0.25, 0.3) is 0 Å². The minimum atomic E-state index is -2.89. The highest BCUT2D eigenvalue weighted by Crippen LogP contribution is 2.41. The smallest absolute Gasteiger partial charge is 0.179 e. The summed E-state index contributed by atoms with van der Waals surface area (Å²) in [6.45, 7) is 0. The fourth-order valence-electron chi connectivity index (χ4n) is 10.4. The molecule has 0 aliphatic rings. The molecule has 0 fully saturated rings. The van der Waals surface area contributed by atoms with E-state index in [1.165, 1.54) is 86.6 Å². The highest BCUT2D eigenvalue weighted by atomic mass is 28.3. The van der Waals surface area contributed by atoms with Crippen LogP contribution in [0, 0.1) is 0 Å². The van der Waals surface area contributed by atoms with Crippen LogP contribution >= 0.6 is 0 Å². The first-order chi connectivity index (χ1) is 31.3. The zero-order valence-electron chi connectivity index (χ0n) is 34.6. The number of rotatable bonds is 8. The van der Waals surface area contributed by atoms with Crippen molar-refractivity contribution < 1.29 is 0 Å². The van der Waals surface area contributed by atoms with Crippen LogP contribution < -0.4 is 20.7 Å². The van der Waals surface area contributed by atoms with E-state index < -0.39 is 8.07 Å². The number of aromatic nitrogens is 2. The summed E-state index contributed by atoms with van der Waals surface area (Å²) in [5.41, 5.74) is 11.8. The Morgan fingerprint density at radius 1 is 0.270 bits per heavy atom. The van der Waals surface area contributed by atoms with Gasteiger partial charge in [-0.2, -0.15) is 0 Å². The molecule has 0 amide bonds. The average molecular weight is 819 g/mol. The summed E-state index contributed by atoms with van der Waals surface area (Å²) < 4.78 is 5.00. The molecule has 0 saturated heterocycles. The van der Waals surface area contributed by atoms with Gasteiger partial charge in [0, 0.05) is 38.4 Å². The maximum absolute atomic E-state index is 2.89. The molecule has 0 N–H and O–H groups in total. The average Bonchev–Trinajstić information content (AvgIpc) is 3.88. The minimum Gasteiger partial charge on any atom is -0.309 e. The van der Waals surface area contributed by atoms with Crippen LogP contribution in [0.1, 0.15) is 0 Å². The Hall–Kier alpha value is -7.98. The Morgan fingerprint density at radius 3 is 1.30 bits per heavy atom. The Kier molecular flexibility index (Phi) is 8.87. The van der Waals surface area contributed by atoms with Crippen LogP contribution in [0.4, 0.5) is 0 Å². The molecule has 12 rings (SSSR count). The van der Waals surface area contributed by atoms with Crippen LogP contribution in [-0.2, 0) is 0 Å². The lowest BCUT2D eigenvalue weighted by Gasteiger charge is -2.35. The standard InChI is InChI=1S/C60H42N2Si/c1-6-22-43(23-7-1)50-32-16-19-35-56(50)62-58-37-21-17-33-51(58)53-39-38-45(40-59(53)62)61-57-36-20-18-34-52(57)55-42-49(41-54(60(55)61)44-24-8-2-9-25-44)63(46-26-10-3-11-27-46,47-28-12-4-13-29-47)48-30-14-5-15-31-48/h1-42H. The van der Waals surface area contributed by atoms with Gasteiger partial charge in [-0.3, -0.25) is 0 Å². The third-order valence-electron chi connectivity index (χ3n) is 13.1. The summed E-state index contributed by atoms with van der Waals surface area (Å²) in [6.07, 6.45) is 0. The van der Waals surface area contributed by atoms with Gasteiger partial charge in [0.1, 0.15) is 0 Å². The lowest BCUT2D eigenvalue weighted by Crippen LogP contribution is -2.74. The van der Waals surface area contributed by atoms with Crippen molar-refractivity contribution in [2.45, 2.75) is 0 Å². The van der Waals surface area contributed by atoms with E-state index in [4.69, 9.17) is 0 Å². The molecule has 0 bridgehead atoms. The molecule has 296 valence electrons. The maximum Gasteiger partial charge on any atom is 0.179 e. The first-order valence-corrected chi connectivity index (χ1v) is 23.8. The van der Waals surface area contributed by atoms with Crippen molar-refractivity contribution in [3.63, 3.8) is 0 Å². The van der Waals surface area contributed by atoms with E-state index in [1.54, 1.807) is 0 Å². The second kappa shape index (κ2) is 15.2. The number of para-hydroxylation sites is 3. The molecular formula is C60H42N2Si. The predicted molar refractivity (Wildman–Crippen MR) is 270 cm³/mol. The topological polar surface area (TPSA) is 9.86 Å². The summed E-state index contributed by atoms with van der Waals surface area (Å²) in [6, 6.07) is 94.4. The molecule has 10 aromatic carbocycles. The van der Waals surface area contributed by atoms with Crippen molar-refractivity contribution in [1.82, 2.24) is 9.13 Å². The molecule has 2 nitrogen and oxygen atoms in total. The Balaban J connectivity index is 1.20. The molecule has 2 aromatic heterocycles. The summed E-state index contributed by atoms with van der Waals surface area (Å²) in [5, 5.41) is 10.4. The third kappa shape index (κ3) is 5.85. The van der Waals surface area contributed by atoms with Crippen LogP contribution in [0.2, 0.25) is 0 Å². The monoisotopic (exact) mass is 818 g/mol. The van der Waals surface area contributed by atoms with Crippen molar-refractivity contribution in [3.8, 4) is 33.6 Å². The quantitative estimate of drug-likeness (QED) is 0.107. The van der Waals surface area contributed by atoms with E-state index in [1.807, 2.05) is 0 Å². The van der Waals surface area contributed by atoms with E-state index in [9.17, 15) is 0 Å². The Labute approximate surface area is 368 Å². The molecular weight excluding hydrogens is 777 g/mol. The van der Waals surface area contributed by atoms with E-state index in [-0.39, 0.29) is 0 Å². The van der Waals surface area contributed by atoms with Gasteiger partial charge >= 0.3 is 0 Å². The van der Waals surface area contributed by atoms with Crippen LogP contribution in [0.25, 0.3) is 77.2 Å². The summed E-state index contributed by atoms with van der Waals surface area (Å²) in [4.78, 5) is 0. The van der Waals surface area contributed by atoms with Gasteiger partial charge in [-0.25, -0.2) is 0 Å². The number of nitrogens with zero attached hydrogens (tertiary/aromatic N) is 2. The van der Waals surface area contributed by atoms with Gasteiger partial charge in [-0.15, -0.1) is 0 Å². The first kappa shape index (κ1) is 36.8. The molecule has 12 aromatic rings. The molecule has 0 aliphatic heterocycles. The highest BCUT2D eigenvalue weighted by Gasteiger charge is 2.42. The van der Waals surface area contributed by atoms with Crippen molar-refractivity contribution in [1.29, 1.82) is 0 Å². The van der Waals surface area contributed by atoms with Gasteiger partial charge in [0.05, 0.1) is 27.8 Å². The van der Waals surface area contributed by atoms with Crippen molar-refractivity contribution in [2.24, 2.45) is 0 Å². The van der Waals surface area contributed by atoms with Crippen LogP contribution in [0.3, 0.4) is 0 Å². The van der Waals surface area contributed by atoms with Crippen molar-refractivity contribution in [3.05, 3.63) is 255 Å². The van der Waals surface area contributed by atoms with E-state index in [0.717, 1.165) is 11.4 Å². The number of benzene rings is 10. The fourth-order valence-corrected chi connectivity index (χ4v) is 15.2. The van der Waals surface area contributed by atoms with Gasteiger partial charge in [0.15, 0.2) is 8.07 Å². The SMILES string of the molecule is c1ccc(-c2ccccc2-n2c3ccccc3c3ccc(-n4c5ccccc5c5cc([Si](c6ccccc6)(c6ccccc6)c6ccccc6)cc(-c6ccccc6)c54)cc32)cc1. The van der Waals surface area contributed by atoms with Crippen molar-refractivity contribution in [2.75, 3.05) is 0 Å². The zero-order chi connectivity index (χ0) is 41.7. The van der Waals surface area contributed by atoms with Crippen LogP contribution in [0.5, 0.6) is 0 Å². The third-order valence-corrected chi connectivity index (χ3v) is 17.8. The van der Waals surface area contributed by atoms with Crippen molar-refractivity contribution >= 4 is 72.4 Å². The largest absolute Gasteiger partial charge is 0.309 e. The normalized spacial score (nSPS) is 11.8. The minimum absolute atomic E-state index is 1.12. The molecule has 63 heavy (non-hydrogen) atoms. The second-order valence-electron chi connectivity index (χ2n) is 16.4. The van der Waals surface area contributed by atoms with Gasteiger partial charge in [-0.1, -0.05) is 224 Å². The number of hydrogen-bond acceptors (Lipinski definition) is 0.